The molecule has 0 aliphatic heterocycles. The number of aldehydes is 1. The van der Waals surface area contributed by atoms with E-state index in [0.29, 0.717) is 12.0 Å². The van der Waals surface area contributed by atoms with Gasteiger partial charge >= 0.3 is 0 Å². The van der Waals surface area contributed by atoms with Gasteiger partial charge in [0.2, 0.25) is 5.78 Å². The van der Waals surface area contributed by atoms with Crippen molar-refractivity contribution < 1.29 is 9.59 Å². The Morgan fingerprint density at radius 3 is 2.47 bits per heavy atom. The molecular weight excluding hydrogens is 214 g/mol. The van der Waals surface area contributed by atoms with E-state index in [4.69, 9.17) is 0 Å². The summed E-state index contributed by atoms with van der Waals surface area (Å²) in [6, 6.07) is 10.9. The van der Waals surface area contributed by atoms with E-state index in [1.807, 2.05) is 24.3 Å². The number of rotatable bonds is 4. The number of hydrogen-bond donors (Lipinski definition) is 0. The first-order valence-electron chi connectivity index (χ1n) is 5.16. The van der Waals surface area contributed by atoms with E-state index in [2.05, 4.69) is 6.58 Å². The molecule has 2 rings (SSSR count). The molecule has 1 aromatic carbocycles. The number of Topliss-reactive ketones (excluding diaryl/α,β-unsaturated/α-hetero) is 1. The van der Waals surface area contributed by atoms with Gasteiger partial charge in [-0.3, -0.25) is 9.59 Å². The smallest absolute Gasteiger partial charge is 0.242 e. The molecule has 0 spiro atoms. The molecule has 3 heteroatoms. The molecule has 0 atom stereocenters. The molecule has 0 bridgehead atoms. The first-order valence-corrected chi connectivity index (χ1v) is 5.16. The third kappa shape index (κ3) is 2.08. The highest BCUT2D eigenvalue weighted by Gasteiger charge is 2.10. The first-order chi connectivity index (χ1) is 8.26. The number of carbonyl (C=O) groups excluding carboxylic acids is 2. The quantitative estimate of drug-likeness (QED) is 0.455. The molecule has 0 aliphatic carbocycles. The molecule has 0 radical (unpaired) electrons. The molecule has 0 aliphatic rings. The van der Waals surface area contributed by atoms with E-state index < -0.39 is 5.78 Å². The SMILES string of the molecule is C=Cc1ccc(-n2cccc2C(=O)C=O)cc1. The van der Waals surface area contributed by atoms with Crippen LogP contribution in [0, 0.1) is 0 Å². The zero-order valence-corrected chi connectivity index (χ0v) is 9.17. The average molecular weight is 225 g/mol. The minimum Gasteiger partial charge on any atom is -0.314 e. The third-order valence-corrected chi connectivity index (χ3v) is 2.52. The second kappa shape index (κ2) is 4.61. The molecule has 0 saturated heterocycles. The van der Waals surface area contributed by atoms with Crippen LogP contribution in [0.5, 0.6) is 0 Å². The maximum Gasteiger partial charge on any atom is 0.242 e. The van der Waals surface area contributed by atoms with Crippen molar-refractivity contribution in [3.05, 3.63) is 60.4 Å². The summed E-state index contributed by atoms with van der Waals surface area (Å²) < 4.78 is 1.68. The zero-order valence-electron chi connectivity index (χ0n) is 9.17. The van der Waals surface area contributed by atoms with Crippen LogP contribution in [0.25, 0.3) is 11.8 Å². The van der Waals surface area contributed by atoms with Crippen molar-refractivity contribution >= 4 is 18.1 Å². The van der Waals surface area contributed by atoms with E-state index in [1.54, 1.807) is 29.0 Å². The van der Waals surface area contributed by atoms with Gasteiger partial charge in [-0.25, -0.2) is 0 Å². The van der Waals surface area contributed by atoms with Crippen LogP contribution in [0.15, 0.2) is 49.2 Å². The van der Waals surface area contributed by atoms with Gasteiger partial charge in [0.25, 0.3) is 0 Å². The lowest BCUT2D eigenvalue weighted by Crippen LogP contribution is -2.07. The fourth-order valence-electron chi connectivity index (χ4n) is 1.64. The maximum atomic E-state index is 11.4. The predicted octanol–water partition coefficient (Wildman–Crippen LogP) is 2.50. The van der Waals surface area contributed by atoms with Crippen molar-refractivity contribution in [1.29, 1.82) is 0 Å². The highest BCUT2D eigenvalue weighted by atomic mass is 16.2. The second-order valence-corrected chi connectivity index (χ2v) is 3.54. The van der Waals surface area contributed by atoms with Gasteiger partial charge in [0, 0.05) is 11.9 Å². The number of ketones is 1. The van der Waals surface area contributed by atoms with Crippen LogP contribution >= 0.6 is 0 Å². The molecule has 0 saturated carbocycles. The minimum atomic E-state index is -0.525. The second-order valence-electron chi connectivity index (χ2n) is 3.54. The Kier molecular flexibility index (Phi) is 3.01. The standard InChI is InChI=1S/C14H11NO2/c1-2-11-5-7-12(8-6-11)15-9-3-4-13(15)14(17)10-16/h2-10H,1H2. The van der Waals surface area contributed by atoms with E-state index in [-0.39, 0.29) is 0 Å². The summed E-state index contributed by atoms with van der Waals surface area (Å²) in [7, 11) is 0. The van der Waals surface area contributed by atoms with E-state index >= 15 is 0 Å². The summed E-state index contributed by atoms with van der Waals surface area (Å²) in [5, 5.41) is 0. The van der Waals surface area contributed by atoms with Gasteiger partial charge in [-0.15, -0.1) is 0 Å². The maximum absolute atomic E-state index is 11.4. The molecule has 3 nitrogen and oxygen atoms in total. The van der Waals surface area contributed by atoms with Crippen LogP contribution in [0.4, 0.5) is 0 Å². The minimum absolute atomic E-state index is 0.323. The van der Waals surface area contributed by atoms with Crippen LogP contribution < -0.4 is 0 Å². The highest BCUT2D eigenvalue weighted by molar-refractivity contribution is 6.32. The Balaban J connectivity index is 2.45. The van der Waals surface area contributed by atoms with Crippen LogP contribution in [0.1, 0.15) is 16.1 Å². The van der Waals surface area contributed by atoms with Crippen molar-refractivity contribution in [2.24, 2.45) is 0 Å². The largest absolute Gasteiger partial charge is 0.314 e. The summed E-state index contributed by atoms with van der Waals surface area (Å²) in [6.45, 7) is 3.68. The number of nitrogens with zero attached hydrogens (tertiary/aromatic N) is 1. The Bertz CT molecular complexity index is 564. The van der Waals surface area contributed by atoms with Crippen LogP contribution in [-0.2, 0) is 4.79 Å². The summed E-state index contributed by atoms with van der Waals surface area (Å²) in [5.74, 6) is -0.525. The molecule has 0 N–H and O–H groups in total. The number of aromatic nitrogens is 1. The molecule has 84 valence electrons. The Hall–Kier alpha value is -2.42. The van der Waals surface area contributed by atoms with Crippen molar-refractivity contribution in [2.45, 2.75) is 0 Å². The van der Waals surface area contributed by atoms with Gasteiger partial charge in [0.15, 0.2) is 6.29 Å². The summed E-state index contributed by atoms with van der Waals surface area (Å²) in [5.41, 5.74) is 2.21. The molecule has 1 aromatic heterocycles. The van der Waals surface area contributed by atoms with Crippen molar-refractivity contribution in [3.8, 4) is 5.69 Å². The molecule has 0 unspecified atom stereocenters. The van der Waals surface area contributed by atoms with E-state index in [1.165, 1.54) is 0 Å². The molecule has 17 heavy (non-hydrogen) atoms. The van der Waals surface area contributed by atoms with Crippen LogP contribution in [-0.4, -0.2) is 16.6 Å². The van der Waals surface area contributed by atoms with Crippen molar-refractivity contribution in [1.82, 2.24) is 4.57 Å². The summed E-state index contributed by atoms with van der Waals surface area (Å²) in [6.07, 6.45) is 3.82. The lowest BCUT2D eigenvalue weighted by molar-refractivity contribution is -0.104. The van der Waals surface area contributed by atoms with Gasteiger partial charge in [0.05, 0.1) is 5.69 Å². The average Bonchev–Trinajstić information content (AvgIpc) is 2.87. The molecular formula is C14H11NO2. The molecule has 2 aromatic rings. The fraction of sp³-hybridized carbons (Fsp3) is 0. The zero-order chi connectivity index (χ0) is 12.3. The van der Waals surface area contributed by atoms with Gasteiger partial charge in [-0.05, 0) is 29.8 Å². The number of hydrogen-bond acceptors (Lipinski definition) is 2. The number of carbonyl (C=O) groups is 2. The monoisotopic (exact) mass is 225 g/mol. The summed E-state index contributed by atoms with van der Waals surface area (Å²) in [4.78, 5) is 21.9. The predicted molar refractivity (Wildman–Crippen MR) is 66.3 cm³/mol. The Morgan fingerprint density at radius 2 is 1.88 bits per heavy atom. The van der Waals surface area contributed by atoms with Gasteiger partial charge in [-0.2, -0.15) is 0 Å². The topological polar surface area (TPSA) is 39.1 Å². The number of benzene rings is 1. The lowest BCUT2D eigenvalue weighted by atomic mass is 10.2. The fourth-order valence-corrected chi connectivity index (χ4v) is 1.64. The van der Waals surface area contributed by atoms with Crippen LogP contribution in [0.3, 0.4) is 0 Å². The van der Waals surface area contributed by atoms with Gasteiger partial charge in [0.1, 0.15) is 0 Å². The highest BCUT2D eigenvalue weighted by Crippen LogP contribution is 2.14. The van der Waals surface area contributed by atoms with Crippen LogP contribution in [0.2, 0.25) is 0 Å². The first kappa shape index (κ1) is 11.1. The van der Waals surface area contributed by atoms with Gasteiger partial charge < -0.3 is 4.57 Å². The van der Waals surface area contributed by atoms with Crippen molar-refractivity contribution in [2.75, 3.05) is 0 Å². The van der Waals surface area contributed by atoms with Crippen molar-refractivity contribution in [3.63, 3.8) is 0 Å². The summed E-state index contributed by atoms with van der Waals surface area (Å²) >= 11 is 0. The van der Waals surface area contributed by atoms with E-state index in [0.717, 1.165) is 11.3 Å². The molecule has 0 fully saturated rings. The Labute approximate surface area is 99.0 Å². The lowest BCUT2D eigenvalue weighted by Gasteiger charge is -2.06. The molecule has 1 heterocycles. The van der Waals surface area contributed by atoms with Gasteiger partial charge in [-0.1, -0.05) is 24.8 Å². The third-order valence-electron chi connectivity index (χ3n) is 2.52. The molecule has 0 amide bonds. The van der Waals surface area contributed by atoms with E-state index in [9.17, 15) is 9.59 Å². The normalized spacial score (nSPS) is 9.88. The Morgan fingerprint density at radius 1 is 1.18 bits per heavy atom.